The largest absolute Gasteiger partial charge is 0.480 e. The highest BCUT2D eigenvalue weighted by molar-refractivity contribution is 6.38. The van der Waals surface area contributed by atoms with E-state index in [-0.39, 0.29) is 12.3 Å². The summed E-state index contributed by atoms with van der Waals surface area (Å²) in [7, 11) is 0. The quantitative estimate of drug-likeness (QED) is 0.459. The maximum Gasteiger partial charge on any atom is 0.326 e. The molecule has 1 unspecified atom stereocenters. The number of nitrogens with one attached hydrogen (secondary N) is 2. The standard InChI is InChI=1S/C23H31N3O6/c1-4-14(2)19(22(30)26-12-8-11-17(26)23(31)32)25-21(29)20(28)15(3)24-18(27)13-16-9-6-5-7-10-16/h5-7,9-10,14-15,17,19H,4,8,11-13H2,1-3H3,(H,24,27)(H,25,29)(H,31,32)/t14-,15?,17-,19-/m0/s1. The van der Waals surface area contributed by atoms with Crippen molar-refractivity contribution >= 4 is 29.5 Å². The number of benzene rings is 1. The topological polar surface area (TPSA) is 133 Å². The van der Waals surface area contributed by atoms with Crippen LogP contribution < -0.4 is 10.6 Å². The third-order valence-electron chi connectivity index (χ3n) is 5.79. The van der Waals surface area contributed by atoms with E-state index < -0.39 is 47.6 Å². The van der Waals surface area contributed by atoms with E-state index in [1.165, 1.54) is 11.8 Å². The molecule has 0 aliphatic carbocycles. The smallest absolute Gasteiger partial charge is 0.326 e. The Hall–Kier alpha value is -3.23. The highest BCUT2D eigenvalue weighted by Crippen LogP contribution is 2.21. The molecule has 1 aliphatic heterocycles. The van der Waals surface area contributed by atoms with E-state index in [4.69, 9.17) is 0 Å². The Balaban J connectivity index is 2.02. The van der Waals surface area contributed by atoms with Crippen LogP contribution in [-0.4, -0.2) is 64.2 Å². The van der Waals surface area contributed by atoms with Crippen LogP contribution in [0.1, 0.15) is 45.6 Å². The number of nitrogens with zero attached hydrogens (tertiary/aromatic N) is 1. The number of amides is 3. The Morgan fingerprint density at radius 2 is 1.75 bits per heavy atom. The Morgan fingerprint density at radius 1 is 1.09 bits per heavy atom. The molecule has 1 aromatic rings. The van der Waals surface area contributed by atoms with E-state index in [2.05, 4.69) is 10.6 Å². The fourth-order valence-electron chi connectivity index (χ4n) is 3.70. The lowest BCUT2D eigenvalue weighted by Crippen LogP contribution is -2.56. The number of carboxylic acid groups (broad SMARTS) is 1. The summed E-state index contributed by atoms with van der Waals surface area (Å²) in [6, 6.07) is 5.96. The van der Waals surface area contributed by atoms with Crippen LogP contribution in [-0.2, 0) is 30.4 Å². The number of rotatable bonds is 10. The van der Waals surface area contributed by atoms with E-state index in [1.54, 1.807) is 31.2 Å². The molecule has 0 radical (unpaired) electrons. The zero-order valence-electron chi connectivity index (χ0n) is 18.7. The lowest BCUT2D eigenvalue weighted by molar-refractivity contribution is -0.150. The van der Waals surface area contributed by atoms with E-state index in [0.29, 0.717) is 25.8 Å². The van der Waals surface area contributed by atoms with Gasteiger partial charge in [0, 0.05) is 6.54 Å². The van der Waals surface area contributed by atoms with Gasteiger partial charge in [-0.15, -0.1) is 0 Å². The number of hydrogen-bond acceptors (Lipinski definition) is 5. The van der Waals surface area contributed by atoms with Gasteiger partial charge in [0.25, 0.3) is 5.91 Å². The molecule has 0 spiro atoms. The van der Waals surface area contributed by atoms with Gasteiger partial charge in [-0.05, 0) is 31.2 Å². The Labute approximate surface area is 187 Å². The fourth-order valence-corrected chi connectivity index (χ4v) is 3.70. The molecule has 1 aromatic carbocycles. The van der Waals surface area contributed by atoms with Crippen LogP contribution >= 0.6 is 0 Å². The second-order valence-electron chi connectivity index (χ2n) is 8.18. The molecule has 9 heteroatoms. The van der Waals surface area contributed by atoms with Gasteiger partial charge in [-0.2, -0.15) is 0 Å². The molecular weight excluding hydrogens is 414 g/mol. The first kappa shape index (κ1) is 25.0. The summed E-state index contributed by atoms with van der Waals surface area (Å²) in [5.74, 6) is -4.16. The number of likely N-dealkylation sites (tertiary alicyclic amines) is 1. The van der Waals surface area contributed by atoms with Gasteiger partial charge in [0.2, 0.25) is 17.6 Å². The molecule has 0 bridgehead atoms. The van der Waals surface area contributed by atoms with Gasteiger partial charge >= 0.3 is 5.97 Å². The van der Waals surface area contributed by atoms with Crippen LogP contribution in [0, 0.1) is 5.92 Å². The lowest BCUT2D eigenvalue weighted by atomic mass is 9.97. The van der Waals surface area contributed by atoms with Gasteiger partial charge in [-0.3, -0.25) is 19.2 Å². The first-order valence-corrected chi connectivity index (χ1v) is 10.9. The van der Waals surface area contributed by atoms with Crippen molar-refractivity contribution in [2.75, 3.05) is 6.54 Å². The Kier molecular flexibility index (Phi) is 8.92. The molecule has 2 rings (SSSR count). The number of carbonyl (C=O) groups excluding carboxylic acids is 4. The highest BCUT2D eigenvalue weighted by atomic mass is 16.4. The van der Waals surface area contributed by atoms with Crippen molar-refractivity contribution in [3.05, 3.63) is 35.9 Å². The third kappa shape index (κ3) is 6.38. The molecule has 3 amide bonds. The number of carbonyl (C=O) groups is 5. The molecule has 0 aromatic heterocycles. The minimum atomic E-state index is -1.09. The molecular formula is C23H31N3O6. The minimum Gasteiger partial charge on any atom is -0.480 e. The third-order valence-corrected chi connectivity index (χ3v) is 5.79. The maximum atomic E-state index is 13.0. The van der Waals surface area contributed by atoms with Crippen LogP contribution in [0.25, 0.3) is 0 Å². The summed E-state index contributed by atoms with van der Waals surface area (Å²) in [6.07, 6.45) is 1.53. The van der Waals surface area contributed by atoms with Gasteiger partial charge in [-0.1, -0.05) is 50.6 Å². The first-order chi connectivity index (χ1) is 15.1. The zero-order valence-corrected chi connectivity index (χ0v) is 18.7. The fraction of sp³-hybridized carbons (Fsp3) is 0.522. The number of aliphatic carboxylic acids is 1. The van der Waals surface area contributed by atoms with Crippen LogP contribution in [0.15, 0.2) is 30.3 Å². The summed E-state index contributed by atoms with van der Waals surface area (Å²) in [5.41, 5.74) is 0.773. The maximum absolute atomic E-state index is 13.0. The number of ketones is 1. The van der Waals surface area contributed by atoms with Crippen LogP contribution in [0.2, 0.25) is 0 Å². The average Bonchev–Trinajstić information content (AvgIpc) is 3.26. The summed E-state index contributed by atoms with van der Waals surface area (Å²) in [5, 5.41) is 14.4. The van der Waals surface area contributed by atoms with Crippen molar-refractivity contribution in [2.45, 2.75) is 64.6 Å². The monoisotopic (exact) mass is 445 g/mol. The number of hydrogen-bond donors (Lipinski definition) is 3. The van der Waals surface area contributed by atoms with Crippen LogP contribution in [0.5, 0.6) is 0 Å². The molecule has 4 atom stereocenters. The molecule has 9 nitrogen and oxygen atoms in total. The summed E-state index contributed by atoms with van der Waals surface area (Å²) >= 11 is 0. The Bertz CT molecular complexity index is 857. The van der Waals surface area contributed by atoms with Gasteiger partial charge in [-0.25, -0.2) is 4.79 Å². The average molecular weight is 446 g/mol. The minimum absolute atomic E-state index is 0.0690. The molecule has 3 N–H and O–H groups in total. The molecule has 174 valence electrons. The van der Waals surface area contributed by atoms with Crippen molar-refractivity contribution in [2.24, 2.45) is 5.92 Å². The van der Waals surface area contributed by atoms with E-state index >= 15 is 0 Å². The van der Waals surface area contributed by atoms with Crippen molar-refractivity contribution in [1.29, 1.82) is 0 Å². The van der Waals surface area contributed by atoms with E-state index in [0.717, 1.165) is 5.56 Å². The van der Waals surface area contributed by atoms with E-state index in [1.807, 2.05) is 13.0 Å². The lowest BCUT2D eigenvalue weighted by Gasteiger charge is -2.30. The van der Waals surface area contributed by atoms with Gasteiger partial charge in [0.15, 0.2) is 0 Å². The highest BCUT2D eigenvalue weighted by Gasteiger charge is 2.40. The van der Waals surface area contributed by atoms with Gasteiger partial charge < -0.3 is 20.6 Å². The predicted molar refractivity (Wildman–Crippen MR) is 117 cm³/mol. The second-order valence-corrected chi connectivity index (χ2v) is 8.18. The predicted octanol–water partition coefficient (Wildman–Crippen LogP) is 0.909. The summed E-state index contributed by atoms with van der Waals surface area (Å²) in [6.45, 7) is 5.29. The van der Waals surface area contributed by atoms with Crippen molar-refractivity contribution in [1.82, 2.24) is 15.5 Å². The molecule has 1 saturated heterocycles. The normalized spacial score (nSPS) is 18.3. The molecule has 0 saturated carbocycles. The second kappa shape index (κ2) is 11.4. The van der Waals surface area contributed by atoms with Crippen LogP contribution in [0.4, 0.5) is 0 Å². The van der Waals surface area contributed by atoms with Gasteiger partial charge in [0.1, 0.15) is 12.1 Å². The first-order valence-electron chi connectivity index (χ1n) is 10.9. The molecule has 32 heavy (non-hydrogen) atoms. The van der Waals surface area contributed by atoms with Crippen molar-refractivity contribution in [3.8, 4) is 0 Å². The summed E-state index contributed by atoms with van der Waals surface area (Å²) in [4.78, 5) is 63.1. The van der Waals surface area contributed by atoms with E-state index in [9.17, 15) is 29.1 Å². The Morgan fingerprint density at radius 3 is 2.34 bits per heavy atom. The molecule has 1 aliphatic rings. The SMILES string of the molecule is CC[C@H](C)[C@H](NC(=O)C(=O)C(C)NC(=O)Cc1ccccc1)C(=O)N1CCC[C@H]1C(=O)O. The van der Waals surface area contributed by atoms with Gasteiger partial charge in [0.05, 0.1) is 12.5 Å². The summed E-state index contributed by atoms with van der Waals surface area (Å²) < 4.78 is 0. The van der Waals surface area contributed by atoms with Crippen LogP contribution in [0.3, 0.4) is 0 Å². The number of Topliss-reactive ketones (excluding diaryl/α,β-unsaturated/α-hetero) is 1. The molecule has 1 heterocycles. The van der Waals surface area contributed by atoms with Crippen molar-refractivity contribution < 1.29 is 29.1 Å². The van der Waals surface area contributed by atoms with Crippen molar-refractivity contribution in [3.63, 3.8) is 0 Å². The zero-order chi connectivity index (χ0) is 23.8. The molecule has 1 fully saturated rings. The number of carboxylic acids is 1.